The third-order valence-electron chi connectivity index (χ3n) is 6.98. The molecule has 0 radical (unpaired) electrons. The van der Waals surface area contributed by atoms with Crippen LogP contribution in [0.1, 0.15) is 57.8 Å². The molecule has 6 heteroatoms. The Morgan fingerprint density at radius 2 is 1.53 bits per heavy atom. The predicted octanol–water partition coefficient (Wildman–Crippen LogP) is 4.41. The van der Waals surface area contributed by atoms with Gasteiger partial charge in [0.1, 0.15) is 0 Å². The molecule has 166 valence electrons. The Hall–Kier alpha value is -2.24. The van der Waals surface area contributed by atoms with Gasteiger partial charge in [-0.05, 0) is 68.4 Å². The van der Waals surface area contributed by atoms with E-state index in [1.807, 2.05) is 37.4 Å². The molecule has 2 aliphatic rings. The van der Waals surface area contributed by atoms with Crippen molar-refractivity contribution in [2.45, 2.75) is 57.8 Å². The fourth-order valence-corrected chi connectivity index (χ4v) is 5.00. The van der Waals surface area contributed by atoms with Crippen LogP contribution in [0.5, 0.6) is 0 Å². The van der Waals surface area contributed by atoms with Crippen molar-refractivity contribution in [1.82, 2.24) is 10.2 Å². The van der Waals surface area contributed by atoms with Gasteiger partial charge in [-0.15, -0.1) is 0 Å². The molecule has 0 saturated heterocycles. The first-order valence-corrected chi connectivity index (χ1v) is 11.7. The molecule has 0 heterocycles. The Labute approximate surface area is 181 Å². The molecular formula is C24H39N5O. The molecule has 2 amide bonds. The minimum absolute atomic E-state index is 0.0430. The van der Waals surface area contributed by atoms with E-state index in [4.69, 9.17) is 11.1 Å². The lowest BCUT2D eigenvalue weighted by Gasteiger charge is -2.35. The van der Waals surface area contributed by atoms with Crippen LogP contribution >= 0.6 is 0 Å². The maximum absolute atomic E-state index is 12.4. The van der Waals surface area contributed by atoms with E-state index < -0.39 is 0 Å². The average molecular weight is 414 g/mol. The number of nitrogens with zero attached hydrogens (tertiary/aromatic N) is 2. The molecule has 1 aromatic rings. The van der Waals surface area contributed by atoms with Gasteiger partial charge in [-0.25, -0.2) is 4.79 Å². The first-order chi connectivity index (χ1) is 14.5. The number of carbonyl (C=O) groups is 1. The SMILES string of the molecule is CN(C(=O)NCC1CCC(CN(CC2CCCCC2)C(=N)N)CC1)c1ccccc1. The van der Waals surface area contributed by atoms with Crippen LogP contribution in [-0.2, 0) is 0 Å². The first kappa shape index (κ1) is 22.4. The van der Waals surface area contributed by atoms with Gasteiger partial charge in [0.2, 0.25) is 0 Å². The average Bonchev–Trinajstić information content (AvgIpc) is 2.78. The fraction of sp³-hybridized carbons (Fsp3) is 0.667. The number of nitrogens with two attached hydrogens (primary N) is 1. The van der Waals surface area contributed by atoms with Gasteiger partial charge in [0.05, 0.1) is 0 Å². The molecule has 0 aliphatic heterocycles. The Kier molecular flexibility index (Phi) is 8.40. The second-order valence-corrected chi connectivity index (χ2v) is 9.26. The van der Waals surface area contributed by atoms with Crippen molar-refractivity contribution in [3.05, 3.63) is 30.3 Å². The third-order valence-corrected chi connectivity index (χ3v) is 6.98. The van der Waals surface area contributed by atoms with Gasteiger partial charge in [0.15, 0.2) is 5.96 Å². The quantitative estimate of drug-likeness (QED) is 0.457. The van der Waals surface area contributed by atoms with Crippen LogP contribution in [-0.4, -0.2) is 43.6 Å². The van der Waals surface area contributed by atoms with Gasteiger partial charge in [0.25, 0.3) is 0 Å². The summed E-state index contributed by atoms with van der Waals surface area (Å²) in [7, 11) is 1.81. The lowest BCUT2D eigenvalue weighted by molar-refractivity contribution is 0.198. The van der Waals surface area contributed by atoms with E-state index in [2.05, 4.69) is 10.2 Å². The lowest BCUT2D eigenvalue weighted by Crippen LogP contribution is -2.44. The molecule has 30 heavy (non-hydrogen) atoms. The smallest absolute Gasteiger partial charge is 0.321 e. The van der Waals surface area contributed by atoms with E-state index in [0.29, 0.717) is 17.8 Å². The van der Waals surface area contributed by atoms with Crippen molar-refractivity contribution >= 4 is 17.7 Å². The summed E-state index contributed by atoms with van der Waals surface area (Å²) in [6.45, 7) is 2.61. The van der Waals surface area contributed by atoms with Crippen LogP contribution in [0.4, 0.5) is 10.5 Å². The summed E-state index contributed by atoms with van der Waals surface area (Å²) >= 11 is 0. The highest BCUT2D eigenvalue weighted by molar-refractivity contribution is 5.91. The number of nitrogens with one attached hydrogen (secondary N) is 2. The molecule has 2 aliphatic carbocycles. The lowest BCUT2D eigenvalue weighted by atomic mass is 9.81. The van der Waals surface area contributed by atoms with Crippen LogP contribution in [0, 0.1) is 23.2 Å². The minimum Gasteiger partial charge on any atom is -0.370 e. The van der Waals surface area contributed by atoms with Crippen molar-refractivity contribution in [2.24, 2.45) is 23.5 Å². The van der Waals surface area contributed by atoms with Crippen LogP contribution in [0.25, 0.3) is 0 Å². The predicted molar refractivity (Wildman–Crippen MR) is 124 cm³/mol. The largest absolute Gasteiger partial charge is 0.370 e. The number of anilines is 1. The summed E-state index contributed by atoms with van der Waals surface area (Å²) in [6.07, 6.45) is 11.2. The van der Waals surface area contributed by atoms with Gasteiger partial charge < -0.3 is 16.0 Å². The molecular weight excluding hydrogens is 374 g/mol. The number of amides is 2. The van der Waals surface area contributed by atoms with Gasteiger partial charge in [-0.2, -0.15) is 0 Å². The molecule has 6 nitrogen and oxygen atoms in total. The molecule has 1 aromatic carbocycles. The zero-order valence-electron chi connectivity index (χ0n) is 18.5. The van der Waals surface area contributed by atoms with Crippen molar-refractivity contribution in [1.29, 1.82) is 5.41 Å². The van der Waals surface area contributed by atoms with E-state index in [0.717, 1.165) is 51.0 Å². The fourth-order valence-electron chi connectivity index (χ4n) is 5.00. The van der Waals surface area contributed by atoms with Crippen molar-refractivity contribution in [2.75, 3.05) is 31.6 Å². The summed E-state index contributed by atoms with van der Waals surface area (Å²) in [5, 5.41) is 11.1. The normalized spacial score (nSPS) is 22.3. The first-order valence-electron chi connectivity index (χ1n) is 11.7. The van der Waals surface area contributed by atoms with Gasteiger partial charge >= 0.3 is 6.03 Å². The topological polar surface area (TPSA) is 85.5 Å². The highest BCUT2D eigenvalue weighted by atomic mass is 16.2. The Morgan fingerprint density at radius 1 is 0.967 bits per heavy atom. The second-order valence-electron chi connectivity index (χ2n) is 9.26. The second kappa shape index (κ2) is 11.2. The number of guanidine groups is 1. The Balaban J connectivity index is 1.38. The molecule has 0 atom stereocenters. The zero-order valence-corrected chi connectivity index (χ0v) is 18.5. The molecule has 0 unspecified atom stereocenters. The molecule has 3 rings (SSSR count). The molecule has 0 aromatic heterocycles. The third kappa shape index (κ3) is 6.64. The summed E-state index contributed by atoms with van der Waals surface area (Å²) in [6, 6.07) is 9.69. The standard InChI is InChI=1S/C24H39N5O/c1-28(22-10-6-3-7-11-22)24(30)27-16-19-12-14-21(15-13-19)18-29(23(25)26)17-20-8-4-2-5-9-20/h3,6-7,10-11,19-21H,2,4-5,8-9,12-18H2,1H3,(H3,25,26)(H,27,30). The number of carbonyl (C=O) groups excluding carboxylic acids is 1. The number of rotatable bonds is 7. The Morgan fingerprint density at radius 3 is 2.13 bits per heavy atom. The van der Waals surface area contributed by atoms with Crippen LogP contribution < -0.4 is 16.0 Å². The number of urea groups is 1. The van der Waals surface area contributed by atoms with E-state index in [-0.39, 0.29) is 12.0 Å². The summed E-state index contributed by atoms with van der Waals surface area (Å²) in [5.74, 6) is 2.09. The highest BCUT2D eigenvalue weighted by Gasteiger charge is 2.26. The maximum Gasteiger partial charge on any atom is 0.321 e. The molecule has 0 spiro atoms. The Bertz CT molecular complexity index is 665. The molecule has 2 saturated carbocycles. The van der Waals surface area contributed by atoms with Crippen LogP contribution in [0.2, 0.25) is 0 Å². The number of hydrogen-bond donors (Lipinski definition) is 3. The summed E-state index contributed by atoms with van der Waals surface area (Å²) in [4.78, 5) is 16.2. The van der Waals surface area contributed by atoms with E-state index in [1.54, 1.807) is 4.90 Å². The maximum atomic E-state index is 12.4. The van der Waals surface area contributed by atoms with Gasteiger partial charge in [0, 0.05) is 32.4 Å². The van der Waals surface area contributed by atoms with Crippen molar-refractivity contribution in [3.8, 4) is 0 Å². The molecule has 2 fully saturated rings. The highest BCUT2D eigenvalue weighted by Crippen LogP contribution is 2.30. The number of para-hydroxylation sites is 1. The van der Waals surface area contributed by atoms with Crippen LogP contribution in [0.3, 0.4) is 0 Å². The van der Waals surface area contributed by atoms with E-state index in [1.165, 1.54) is 32.1 Å². The van der Waals surface area contributed by atoms with Gasteiger partial charge in [-0.3, -0.25) is 10.3 Å². The number of benzene rings is 1. The monoisotopic (exact) mass is 413 g/mol. The summed E-state index contributed by atoms with van der Waals surface area (Å²) in [5.41, 5.74) is 6.82. The summed E-state index contributed by atoms with van der Waals surface area (Å²) < 4.78 is 0. The number of hydrogen-bond acceptors (Lipinski definition) is 2. The minimum atomic E-state index is -0.0430. The zero-order chi connectivity index (χ0) is 21.3. The molecule has 4 N–H and O–H groups in total. The van der Waals surface area contributed by atoms with Crippen molar-refractivity contribution < 1.29 is 4.79 Å². The van der Waals surface area contributed by atoms with E-state index in [9.17, 15) is 4.79 Å². The van der Waals surface area contributed by atoms with Crippen LogP contribution in [0.15, 0.2) is 30.3 Å². The van der Waals surface area contributed by atoms with Gasteiger partial charge in [-0.1, -0.05) is 37.5 Å². The van der Waals surface area contributed by atoms with E-state index >= 15 is 0 Å². The molecule has 0 bridgehead atoms. The van der Waals surface area contributed by atoms with Crippen molar-refractivity contribution in [3.63, 3.8) is 0 Å².